The topological polar surface area (TPSA) is 70.4 Å². The fourth-order valence-electron chi connectivity index (χ4n) is 2.59. The number of methoxy groups -OCH3 is 1. The first-order chi connectivity index (χ1) is 12.5. The number of hydrogen-bond donors (Lipinski definition) is 0. The minimum Gasteiger partial charge on any atom is -0.493 e. The second-order valence-electron chi connectivity index (χ2n) is 5.99. The van der Waals surface area contributed by atoms with Crippen LogP contribution in [-0.4, -0.2) is 34.8 Å². The van der Waals surface area contributed by atoms with Crippen LogP contribution in [-0.2, 0) is 17.8 Å². The predicted molar refractivity (Wildman–Crippen MR) is 90.1 cm³/mol. The van der Waals surface area contributed by atoms with E-state index < -0.39 is 18.7 Å². The molecule has 0 aliphatic rings. The van der Waals surface area contributed by atoms with Crippen molar-refractivity contribution >= 4 is 11.8 Å². The van der Waals surface area contributed by atoms with Crippen LogP contribution in [0, 0.1) is 13.8 Å². The third kappa shape index (κ3) is 5.08. The second-order valence-corrected chi connectivity index (χ2v) is 5.99. The Balaban J connectivity index is 2.18. The van der Waals surface area contributed by atoms with Crippen molar-refractivity contribution in [3.05, 3.63) is 40.7 Å². The van der Waals surface area contributed by atoms with E-state index in [0.29, 0.717) is 16.8 Å². The predicted octanol–water partition coefficient (Wildman–Crippen LogP) is 3.42. The minimum atomic E-state index is -4.41. The fraction of sp³-hybridized carbons (Fsp3) is 0.389. The maximum Gasteiger partial charge on any atom is 0.408 e. The van der Waals surface area contributed by atoms with Crippen LogP contribution in [0.25, 0.3) is 0 Å². The van der Waals surface area contributed by atoms with Crippen molar-refractivity contribution in [2.24, 2.45) is 0 Å². The SMILES string of the molecule is COc1cc(C(C)=O)ccc1OC(=O)Cc1c(C)nn(CC(F)(F)F)c1C. The molecule has 1 aromatic carbocycles. The van der Waals surface area contributed by atoms with Crippen molar-refractivity contribution in [3.8, 4) is 11.5 Å². The molecule has 146 valence electrons. The summed E-state index contributed by atoms with van der Waals surface area (Å²) in [6.45, 7) is 3.17. The van der Waals surface area contributed by atoms with Crippen LogP contribution >= 0.6 is 0 Å². The van der Waals surface area contributed by atoms with E-state index in [1.165, 1.54) is 46.1 Å². The number of esters is 1. The first-order valence-corrected chi connectivity index (χ1v) is 8.01. The largest absolute Gasteiger partial charge is 0.493 e. The molecule has 0 unspecified atom stereocenters. The van der Waals surface area contributed by atoms with Crippen molar-refractivity contribution in [1.29, 1.82) is 0 Å². The highest BCUT2D eigenvalue weighted by Gasteiger charge is 2.30. The Morgan fingerprint density at radius 2 is 1.85 bits per heavy atom. The molecule has 1 aromatic heterocycles. The van der Waals surface area contributed by atoms with Gasteiger partial charge in [-0.25, -0.2) is 0 Å². The highest BCUT2D eigenvalue weighted by Crippen LogP contribution is 2.29. The number of benzene rings is 1. The Morgan fingerprint density at radius 1 is 1.19 bits per heavy atom. The molecular formula is C18H19F3N2O4. The lowest BCUT2D eigenvalue weighted by molar-refractivity contribution is -0.143. The molecule has 1 heterocycles. The molecule has 0 amide bonds. The van der Waals surface area contributed by atoms with Crippen molar-refractivity contribution in [3.63, 3.8) is 0 Å². The molecule has 0 atom stereocenters. The van der Waals surface area contributed by atoms with Gasteiger partial charge < -0.3 is 9.47 Å². The number of carbonyl (C=O) groups is 2. The molecule has 0 aliphatic carbocycles. The molecular weight excluding hydrogens is 365 g/mol. The van der Waals surface area contributed by atoms with Gasteiger partial charge in [-0.15, -0.1) is 0 Å². The zero-order chi connectivity index (χ0) is 20.4. The number of aromatic nitrogens is 2. The van der Waals surface area contributed by atoms with Gasteiger partial charge in [0.2, 0.25) is 0 Å². The van der Waals surface area contributed by atoms with Gasteiger partial charge in [-0.05, 0) is 39.0 Å². The molecule has 0 aliphatic heterocycles. The summed E-state index contributed by atoms with van der Waals surface area (Å²) >= 11 is 0. The smallest absolute Gasteiger partial charge is 0.408 e. The van der Waals surface area contributed by atoms with E-state index in [9.17, 15) is 22.8 Å². The Labute approximate surface area is 153 Å². The summed E-state index contributed by atoms with van der Waals surface area (Å²) in [6.07, 6.45) is -4.65. The summed E-state index contributed by atoms with van der Waals surface area (Å²) in [5.41, 5.74) is 1.35. The lowest BCUT2D eigenvalue weighted by Gasteiger charge is -2.11. The molecule has 0 saturated heterocycles. The Kier molecular flexibility index (Phi) is 5.92. The monoisotopic (exact) mass is 384 g/mol. The summed E-state index contributed by atoms with van der Waals surface area (Å²) in [6, 6.07) is 4.37. The van der Waals surface area contributed by atoms with E-state index >= 15 is 0 Å². The van der Waals surface area contributed by atoms with Gasteiger partial charge in [-0.2, -0.15) is 18.3 Å². The summed E-state index contributed by atoms with van der Waals surface area (Å²) < 4.78 is 49.0. The van der Waals surface area contributed by atoms with Crippen LogP contribution in [0.4, 0.5) is 13.2 Å². The number of Topliss-reactive ketones (excluding diaryl/α,β-unsaturated/α-hetero) is 1. The molecule has 9 heteroatoms. The van der Waals surface area contributed by atoms with E-state index in [4.69, 9.17) is 9.47 Å². The number of hydrogen-bond acceptors (Lipinski definition) is 5. The van der Waals surface area contributed by atoms with Gasteiger partial charge in [-0.3, -0.25) is 14.3 Å². The summed E-state index contributed by atoms with van der Waals surface area (Å²) in [5, 5.41) is 3.85. The number of nitrogens with zero attached hydrogens (tertiary/aromatic N) is 2. The molecule has 2 aromatic rings. The Morgan fingerprint density at radius 3 is 2.41 bits per heavy atom. The van der Waals surface area contributed by atoms with Gasteiger partial charge in [0.1, 0.15) is 6.54 Å². The number of rotatable bonds is 6. The van der Waals surface area contributed by atoms with Crippen molar-refractivity contribution in [2.45, 2.75) is 39.9 Å². The van der Waals surface area contributed by atoms with Crippen LogP contribution in [0.2, 0.25) is 0 Å². The number of carbonyl (C=O) groups excluding carboxylic acids is 2. The summed E-state index contributed by atoms with van der Waals surface area (Å²) in [7, 11) is 1.37. The molecule has 0 fully saturated rings. The number of ketones is 1. The van der Waals surface area contributed by atoms with Crippen LogP contribution in [0.3, 0.4) is 0 Å². The van der Waals surface area contributed by atoms with E-state index in [1.54, 1.807) is 0 Å². The van der Waals surface area contributed by atoms with Crippen LogP contribution in [0.5, 0.6) is 11.5 Å². The quantitative estimate of drug-likeness (QED) is 0.434. The first-order valence-electron chi connectivity index (χ1n) is 8.01. The second kappa shape index (κ2) is 7.81. The van der Waals surface area contributed by atoms with Crippen LogP contribution < -0.4 is 9.47 Å². The number of alkyl halides is 3. The van der Waals surface area contributed by atoms with Gasteiger partial charge in [-0.1, -0.05) is 0 Å². The zero-order valence-corrected chi connectivity index (χ0v) is 15.3. The molecule has 6 nitrogen and oxygen atoms in total. The molecule has 0 saturated carbocycles. The Bertz CT molecular complexity index is 872. The number of halogens is 3. The highest BCUT2D eigenvalue weighted by atomic mass is 19.4. The van der Waals surface area contributed by atoms with E-state index in [2.05, 4.69) is 5.10 Å². The van der Waals surface area contributed by atoms with E-state index in [0.717, 1.165) is 4.68 Å². The van der Waals surface area contributed by atoms with E-state index in [-0.39, 0.29) is 29.4 Å². The van der Waals surface area contributed by atoms with Crippen molar-refractivity contribution < 1.29 is 32.2 Å². The molecule has 2 rings (SSSR count). The van der Waals surface area contributed by atoms with Gasteiger partial charge >= 0.3 is 12.1 Å². The number of ether oxygens (including phenoxy) is 2. The average Bonchev–Trinajstić information content (AvgIpc) is 2.80. The van der Waals surface area contributed by atoms with Crippen molar-refractivity contribution in [1.82, 2.24) is 9.78 Å². The van der Waals surface area contributed by atoms with Gasteiger partial charge in [0.25, 0.3) is 0 Å². The molecule has 0 N–H and O–H groups in total. The van der Waals surface area contributed by atoms with E-state index in [1.807, 2.05) is 0 Å². The van der Waals surface area contributed by atoms with Gasteiger partial charge in [0, 0.05) is 16.8 Å². The highest BCUT2D eigenvalue weighted by molar-refractivity contribution is 5.94. The first kappa shape index (κ1) is 20.5. The molecule has 0 bridgehead atoms. The lowest BCUT2D eigenvalue weighted by Crippen LogP contribution is -2.20. The molecule has 0 radical (unpaired) electrons. The third-order valence-corrected chi connectivity index (χ3v) is 3.98. The number of aryl methyl sites for hydroxylation is 1. The summed E-state index contributed by atoms with van der Waals surface area (Å²) in [4.78, 5) is 23.7. The normalized spacial score (nSPS) is 11.4. The summed E-state index contributed by atoms with van der Waals surface area (Å²) in [5.74, 6) is -0.529. The average molecular weight is 384 g/mol. The van der Waals surface area contributed by atoms with Crippen LogP contribution in [0.15, 0.2) is 18.2 Å². The van der Waals surface area contributed by atoms with Gasteiger partial charge in [0.05, 0.1) is 19.2 Å². The molecule has 27 heavy (non-hydrogen) atoms. The molecule has 0 spiro atoms. The van der Waals surface area contributed by atoms with Gasteiger partial charge in [0.15, 0.2) is 17.3 Å². The van der Waals surface area contributed by atoms with Crippen LogP contribution in [0.1, 0.15) is 34.2 Å². The van der Waals surface area contributed by atoms with Crippen molar-refractivity contribution in [2.75, 3.05) is 7.11 Å². The zero-order valence-electron chi connectivity index (χ0n) is 15.3. The fourth-order valence-corrected chi connectivity index (χ4v) is 2.59. The lowest BCUT2D eigenvalue weighted by atomic mass is 10.1. The maximum absolute atomic E-state index is 12.6. The maximum atomic E-state index is 12.6. The Hall–Kier alpha value is -2.84. The minimum absolute atomic E-state index is 0.116. The standard InChI is InChI=1S/C18H19F3N2O4/c1-10-14(11(2)23(22-10)9-18(19,20)21)8-17(25)27-15-6-5-13(12(3)24)7-16(15)26-4/h5-7H,8-9H2,1-4H3. The third-order valence-electron chi connectivity index (χ3n) is 3.98.